The lowest BCUT2D eigenvalue weighted by molar-refractivity contribution is 0.0859. The zero-order chi connectivity index (χ0) is 13.9. The maximum absolute atomic E-state index is 12.8. The fourth-order valence-electron chi connectivity index (χ4n) is 3.03. The first kappa shape index (κ1) is 11.6. The summed E-state index contributed by atoms with van der Waals surface area (Å²) in [6, 6.07) is 14.5. The SMILES string of the molecule is Cc1cccc(C23OC2C(=O)c2ccccc2C3=O)c1. The van der Waals surface area contributed by atoms with Crippen molar-refractivity contribution in [1.82, 2.24) is 0 Å². The van der Waals surface area contributed by atoms with E-state index in [0.29, 0.717) is 11.1 Å². The van der Waals surface area contributed by atoms with Gasteiger partial charge in [-0.1, -0.05) is 54.1 Å². The van der Waals surface area contributed by atoms with Crippen LogP contribution in [0.3, 0.4) is 0 Å². The van der Waals surface area contributed by atoms with Gasteiger partial charge in [-0.25, -0.2) is 0 Å². The van der Waals surface area contributed by atoms with E-state index in [9.17, 15) is 9.59 Å². The van der Waals surface area contributed by atoms with Gasteiger partial charge in [-0.15, -0.1) is 0 Å². The molecule has 0 aromatic heterocycles. The molecule has 2 aliphatic rings. The fraction of sp³-hybridized carbons (Fsp3) is 0.176. The number of hydrogen-bond acceptors (Lipinski definition) is 3. The normalized spacial score (nSPS) is 26.9. The molecular formula is C17H12O3. The van der Waals surface area contributed by atoms with Crippen molar-refractivity contribution in [2.24, 2.45) is 0 Å². The molecule has 2 aromatic carbocycles. The van der Waals surface area contributed by atoms with Crippen LogP contribution in [0.1, 0.15) is 31.8 Å². The molecule has 3 heteroatoms. The summed E-state index contributed by atoms with van der Waals surface area (Å²) < 4.78 is 5.61. The minimum Gasteiger partial charge on any atom is -0.343 e. The van der Waals surface area contributed by atoms with Gasteiger partial charge in [0.15, 0.2) is 17.5 Å². The number of ether oxygens (including phenoxy) is 1. The van der Waals surface area contributed by atoms with Crippen LogP contribution in [0.4, 0.5) is 0 Å². The van der Waals surface area contributed by atoms with Crippen LogP contribution in [0.25, 0.3) is 0 Å². The van der Waals surface area contributed by atoms with E-state index >= 15 is 0 Å². The summed E-state index contributed by atoms with van der Waals surface area (Å²) in [5.74, 6) is -0.204. The predicted molar refractivity (Wildman–Crippen MR) is 72.8 cm³/mol. The molecule has 4 rings (SSSR count). The van der Waals surface area contributed by atoms with Crippen molar-refractivity contribution >= 4 is 11.6 Å². The Labute approximate surface area is 116 Å². The van der Waals surface area contributed by atoms with Crippen molar-refractivity contribution in [3.8, 4) is 0 Å². The highest BCUT2D eigenvalue weighted by Gasteiger charge is 2.69. The van der Waals surface area contributed by atoms with Gasteiger partial charge in [0.05, 0.1) is 0 Å². The van der Waals surface area contributed by atoms with Gasteiger partial charge >= 0.3 is 0 Å². The highest BCUT2D eigenvalue weighted by Crippen LogP contribution is 2.53. The van der Waals surface area contributed by atoms with Crippen LogP contribution in [-0.2, 0) is 10.3 Å². The molecule has 0 spiro atoms. The monoisotopic (exact) mass is 264 g/mol. The molecule has 0 saturated carbocycles. The van der Waals surface area contributed by atoms with E-state index in [0.717, 1.165) is 11.1 Å². The minimum atomic E-state index is -1.09. The molecule has 0 bridgehead atoms. The lowest BCUT2D eigenvalue weighted by Crippen LogP contribution is -2.34. The van der Waals surface area contributed by atoms with E-state index < -0.39 is 11.7 Å². The van der Waals surface area contributed by atoms with Crippen molar-refractivity contribution in [3.05, 3.63) is 70.8 Å². The van der Waals surface area contributed by atoms with Crippen LogP contribution in [-0.4, -0.2) is 17.7 Å². The standard InChI is InChI=1S/C17H12O3/c1-10-5-4-6-11(9-10)17-15(19)13-8-3-2-7-12(13)14(18)16(17)20-17/h2-9,16H,1H3. The van der Waals surface area contributed by atoms with Crippen molar-refractivity contribution in [2.45, 2.75) is 18.6 Å². The number of aryl methyl sites for hydroxylation is 1. The number of carbonyl (C=O) groups excluding carboxylic acids is 2. The van der Waals surface area contributed by atoms with E-state index in [1.54, 1.807) is 24.3 Å². The molecule has 0 N–H and O–H groups in total. The molecule has 1 fully saturated rings. The Morgan fingerprint density at radius 1 is 1.00 bits per heavy atom. The number of Topliss-reactive ketones (excluding diaryl/α,β-unsaturated/α-hetero) is 2. The predicted octanol–water partition coefficient (Wildman–Crippen LogP) is 2.67. The first-order valence-corrected chi connectivity index (χ1v) is 6.57. The Morgan fingerprint density at radius 2 is 1.75 bits per heavy atom. The van der Waals surface area contributed by atoms with Gasteiger partial charge < -0.3 is 4.74 Å². The van der Waals surface area contributed by atoms with Gasteiger partial charge in [0.25, 0.3) is 0 Å². The Balaban J connectivity index is 1.92. The maximum atomic E-state index is 12.8. The molecule has 2 unspecified atom stereocenters. The van der Waals surface area contributed by atoms with Gasteiger partial charge in [-0.3, -0.25) is 9.59 Å². The van der Waals surface area contributed by atoms with Gasteiger partial charge in [-0.05, 0) is 12.5 Å². The van der Waals surface area contributed by atoms with Crippen molar-refractivity contribution < 1.29 is 14.3 Å². The summed E-state index contributed by atoms with van der Waals surface area (Å²) >= 11 is 0. The highest BCUT2D eigenvalue weighted by molar-refractivity contribution is 6.23. The van der Waals surface area contributed by atoms with Crippen LogP contribution in [0, 0.1) is 6.92 Å². The van der Waals surface area contributed by atoms with Gasteiger partial charge in [0.1, 0.15) is 0 Å². The Bertz CT molecular complexity index is 762. The van der Waals surface area contributed by atoms with E-state index in [1.807, 2.05) is 31.2 Å². The Hall–Kier alpha value is -2.26. The van der Waals surface area contributed by atoms with Crippen LogP contribution in [0.5, 0.6) is 0 Å². The second-order valence-corrected chi connectivity index (χ2v) is 5.34. The van der Waals surface area contributed by atoms with Crippen LogP contribution in [0.15, 0.2) is 48.5 Å². The summed E-state index contributed by atoms with van der Waals surface area (Å²) in [5, 5.41) is 0. The molecule has 3 nitrogen and oxygen atoms in total. The summed E-state index contributed by atoms with van der Waals surface area (Å²) in [6.07, 6.45) is -0.660. The van der Waals surface area contributed by atoms with Crippen LogP contribution >= 0.6 is 0 Å². The van der Waals surface area contributed by atoms with E-state index in [1.165, 1.54) is 0 Å². The van der Waals surface area contributed by atoms with Crippen LogP contribution in [0.2, 0.25) is 0 Å². The minimum absolute atomic E-state index is 0.0956. The summed E-state index contributed by atoms with van der Waals surface area (Å²) in [7, 11) is 0. The highest BCUT2D eigenvalue weighted by atomic mass is 16.6. The first-order chi connectivity index (χ1) is 9.64. The summed E-state index contributed by atoms with van der Waals surface area (Å²) in [5.41, 5.74) is 1.67. The molecule has 1 aliphatic carbocycles. The molecule has 98 valence electrons. The van der Waals surface area contributed by atoms with E-state index in [4.69, 9.17) is 4.74 Å². The van der Waals surface area contributed by atoms with E-state index in [-0.39, 0.29) is 11.6 Å². The number of fused-ring (bicyclic) bond motifs is 2. The Kier molecular flexibility index (Phi) is 2.11. The van der Waals surface area contributed by atoms with Crippen LogP contribution < -0.4 is 0 Å². The summed E-state index contributed by atoms with van der Waals surface area (Å²) in [6.45, 7) is 1.96. The Morgan fingerprint density at radius 3 is 2.50 bits per heavy atom. The fourth-order valence-corrected chi connectivity index (χ4v) is 3.03. The number of benzene rings is 2. The third-order valence-corrected chi connectivity index (χ3v) is 4.08. The number of epoxide rings is 1. The summed E-state index contributed by atoms with van der Waals surface area (Å²) in [4.78, 5) is 25.2. The van der Waals surface area contributed by atoms with E-state index in [2.05, 4.69) is 0 Å². The third kappa shape index (κ3) is 1.28. The lowest BCUT2D eigenvalue weighted by atomic mass is 9.78. The second-order valence-electron chi connectivity index (χ2n) is 5.34. The van der Waals surface area contributed by atoms with Crippen molar-refractivity contribution in [3.63, 3.8) is 0 Å². The number of hydrogen-bond donors (Lipinski definition) is 0. The third-order valence-electron chi connectivity index (χ3n) is 4.08. The molecule has 1 aliphatic heterocycles. The molecule has 0 radical (unpaired) electrons. The van der Waals surface area contributed by atoms with Crippen molar-refractivity contribution in [1.29, 1.82) is 0 Å². The first-order valence-electron chi connectivity index (χ1n) is 6.57. The molecule has 1 saturated heterocycles. The zero-order valence-corrected chi connectivity index (χ0v) is 10.9. The van der Waals surface area contributed by atoms with Crippen molar-refractivity contribution in [2.75, 3.05) is 0 Å². The smallest absolute Gasteiger partial charge is 0.203 e. The lowest BCUT2D eigenvalue weighted by Gasteiger charge is -2.19. The second kappa shape index (κ2) is 3.64. The maximum Gasteiger partial charge on any atom is 0.203 e. The van der Waals surface area contributed by atoms with Gasteiger partial charge in [-0.2, -0.15) is 0 Å². The topological polar surface area (TPSA) is 46.7 Å². The average molecular weight is 264 g/mol. The molecule has 0 amide bonds. The molecule has 20 heavy (non-hydrogen) atoms. The molecular weight excluding hydrogens is 252 g/mol. The molecule has 1 heterocycles. The average Bonchev–Trinajstić information content (AvgIpc) is 3.22. The number of rotatable bonds is 1. The number of ketones is 2. The van der Waals surface area contributed by atoms with Gasteiger partial charge in [0.2, 0.25) is 5.78 Å². The number of carbonyl (C=O) groups is 2. The molecule has 2 aromatic rings. The largest absolute Gasteiger partial charge is 0.343 e. The quantitative estimate of drug-likeness (QED) is 0.744. The molecule has 2 atom stereocenters. The zero-order valence-electron chi connectivity index (χ0n) is 10.9. The van der Waals surface area contributed by atoms with Gasteiger partial charge in [0, 0.05) is 11.1 Å².